The predicted octanol–water partition coefficient (Wildman–Crippen LogP) is 3.83. The van der Waals surface area contributed by atoms with Gasteiger partial charge >= 0.3 is 0 Å². The van der Waals surface area contributed by atoms with E-state index in [4.69, 9.17) is 4.98 Å². The van der Waals surface area contributed by atoms with Crippen LogP contribution in [0.5, 0.6) is 0 Å². The second-order valence-corrected chi connectivity index (χ2v) is 9.58. The third-order valence-electron chi connectivity index (χ3n) is 5.61. The lowest BCUT2D eigenvalue weighted by molar-refractivity contribution is -0.126. The first-order chi connectivity index (χ1) is 15.3. The summed E-state index contributed by atoms with van der Waals surface area (Å²) in [6.07, 6.45) is 0. The minimum absolute atomic E-state index is 0.178. The maximum atomic E-state index is 13.7. The number of rotatable bonds is 3. The van der Waals surface area contributed by atoms with Crippen LogP contribution in [0, 0.1) is 6.92 Å². The molecule has 0 bridgehead atoms. The number of aryl methyl sites for hydroxylation is 1. The van der Waals surface area contributed by atoms with Crippen molar-refractivity contribution < 1.29 is 9.59 Å². The fraction of sp³-hybridized carbons (Fsp3) is 0.261. The van der Waals surface area contributed by atoms with Gasteiger partial charge in [0, 0.05) is 5.39 Å². The third kappa shape index (κ3) is 3.12. The standard InChI is InChI=1S/C23H22N6O2S/c1-13(20(30)28-18-12-8-7-11-17(18)25-21(31)23(28,3)4)32-22-26-16-10-6-5-9-15(16)19-24-14(2)27-29(19)22/h5-13H,1-4H3,(H,25,31)/t13-/m0/s1. The van der Waals surface area contributed by atoms with E-state index >= 15 is 0 Å². The quantitative estimate of drug-likeness (QED) is 0.380. The minimum Gasteiger partial charge on any atom is -0.322 e. The highest BCUT2D eigenvalue weighted by atomic mass is 32.2. The van der Waals surface area contributed by atoms with E-state index in [-0.39, 0.29) is 11.8 Å². The molecular formula is C23H22N6O2S. The Bertz CT molecular complexity index is 1400. The number of anilines is 2. The van der Waals surface area contributed by atoms with Crippen molar-refractivity contribution in [2.75, 3.05) is 10.2 Å². The van der Waals surface area contributed by atoms with Crippen LogP contribution in [0.1, 0.15) is 26.6 Å². The van der Waals surface area contributed by atoms with Gasteiger partial charge in [0.05, 0.1) is 22.1 Å². The minimum atomic E-state index is -1.03. The molecule has 1 aliphatic heterocycles. The first-order valence-electron chi connectivity index (χ1n) is 10.3. The van der Waals surface area contributed by atoms with Gasteiger partial charge < -0.3 is 5.32 Å². The van der Waals surface area contributed by atoms with Gasteiger partial charge in [-0.15, -0.1) is 5.10 Å². The largest absolute Gasteiger partial charge is 0.322 e. The number of hydrogen-bond acceptors (Lipinski definition) is 6. The number of nitrogens with one attached hydrogen (secondary N) is 1. The molecule has 0 spiro atoms. The molecule has 1 aliphatic rings. The molecule has 32 heavy (non-hydrogen) atoms. The number of thioether (sulfide) groups is 1. The Labute approximate surface area is 189 Å². The van der Waals surface area contributed by atoms with Crippen molar-refractivity contribution in [2.24, 2.45) is 0 Å². The lowest BCUT2D eigenvalue weighted by Gasteiger charge is -2.43. The number of nitrogens with zero attached hydrogens (tertiary/aromatic N) is 5. The van der Waals surface area contributed by atoms with E-state index in [2.05, 4.69) is 15.4 Å². The molecule has 0 saturated carbocycles. The lowest BCUT2D eigenvalue weighted by atomic mass is 9.96. The summed E-state index contributed by atoms with van der Waals surface area (Å²) in [6, 6.07) is 15.1. The molecule has 0 unspecified atom stereocenters. The first kappa shape index (κ1) is 20.4. The van der Waals surface area contributed by atoms with E-state index < -0.39 is 10.8 Å². The van der Waals surface area contributed by atoms with E-state index in [1.165, 1.54) is 11.8 Å². The topological polar surface area (TPSA) is 92.5 Å². The summed E-state index contributed by atoms with van der Waals surface area (Å²) in [5.74, 6) is 0.230. The molecule has 1 N–H and O–H groups in total. The lowest BCUT2D eigenvalue weighted by Crippen LogP contribution is -2.60. The summed E-state index contributed by atoms with van der Waals surface area (Å²) in [6.45, 7) is 7.16. The predicted molar refractivity (Wildman–Crippen MR) is 125 cm³/mol. The number of fused-ring (bicyclic) bond motifs is 4. The molecule has 3 heterocycles. The van der Waals surface area contributed by atoms with Crippen LogP contribution in [-0.4, -0.2) is 42.2 Å². The summed E-state index contributed by atoms with van der Waals surface area (Å²) in [4.78, 5) is 37.3. The molecule has 0 saturated heterocycles. The van der Waals surface area contributed by atoms with E-state index in [0.717, 1.165) is 10.9 Å². The summed E-state index contributed by atoms with van der Waals surface area (Å²) in [7, 11) is 0. The van der Waals surface area contributed by atoms with Crippen molar-refractivity contribution in [1.82, 2.24) is 19.6 Å². The van der Waals surface area contributed by atoms with Crippen LogP contribution in [0.3, 0.4) is 0 Å². The second-order valence-electron chi connectivity index (χ2n) is 8.27. The first-order valence-corrected chi connectivity index (χ1v) is 11.2. The molecule has 0 radical (unpaired) electrons. The van der Waals surface area contributed by atoms with E-state index in [0.29, 0.717) is 28.0 Å². The number of benzene rings is 2. The van der Waals surface area contributed by atoms with Crippen LogP contribution >= 0.6 is 11.8 Å². The highest BCUT2D eigenvalue weighted by Crippen LogP contribution is 2.38. The van der Waals surface area contributed by atoms with Crippen LogP contribution in [-0.2, 0) is 9.59 Å². The number of carbonyl (C=O) groups excluding carboxylic acids is 2. The summed E-state index contributed by atoms with van der Waals surface area (Å²) in [5.41, 5.74) is 1.77. The van der Waals surface area contributed by atoms with E-state index in [1.807, 2.05) is 56.3 Å². The molecule has 0 fully saturated rings. The van der Waals surface area contributed by atoms with Gasteiger partial charge in [-0.3, -0.25) is 14.5 Å². The normalized spacial score (nSPS) is 16.1. The van der Waals surface area contributed by atoms with Gasteiger partial charge in [-0.05, 0) is 52.0 Å². The second kappa shape index (κ2) is 7.30. The number of hydrogen-bond donors (Lipinski definition) is 1. The van der Waals surface area contributed by atoms with Crippen molar-refractivity contribution in [1.29, 1.82) is 0 Å². The number of aromatic nitrogens is 4. The van der Waals surface area contributed by atoms with E-state index in [1.54, 1.807) is 29.3 Å². The highest BCUT2D eigenvalue weighted by Gasteiger charge is 2.45. The monoisotopic (exact) mass is 446 g/mol. The third-order valence-corrected chi connectivity index (χ3v) is 6.64. The molecular weight excluding hydrogens is 424 g/mol. The molecule has 0 aliphatic carbocycles. The highest BCUT2D eigenvalue weighted by molar-refractivity contribution is 8.00. The smallest absolute Gasteiger partial charge is 0.250 e. The zero-order valence-electron chi connectivity index (χ0n) is 18.2. The summed E-state index contributed by atoms with van der Waals surface area (Å²) in [5, 5.41) is 8.35. The zero-order valence-corrected chi connectivity index (χ0v) is 19.0. The number of para-hydroxylation sites is 3. The average molecular weight is 447 g/mol. The molecule has 5 rings (SSSR count). The van der Waals surface area contributed by atoms with Gasteiger partial charge in [0.2, 0.25) is 11.8 Å². The molecule has 8 nitrogen and oxygen atoms in total. The maximum Gasteiger partial charge on any atom is 0.250 e. The average Bonchev–Trinajstić information content (AvgIpc) is 3.16. The molecule has 1 atom stereocenters. The van der Waals surface area contributed by atoms with Gasteiger partial charge in [-0.2, -0.15) is 4.52 Å². The Balaban J connectivity index is 1.55. The Morgan fingerprint density at radius 2 is 1.81 bits per heavy atom. The summed E-state index contributed by atoms with van der Waals surface area (Å²) < 4.78 is 1.69. The zero-order chi connectivity index (χ0) is 22.6. The van der Waals surface area contributed by atoms with Crippen LogP contribution in [0.25, 0.3) is 16.6 Å². The van der Waals surface area contributed by atoms with Crippen LogP contribution in [0.2, 0.25) is 0 Å². The van der Waals surface area contributed by atoms with Crippen molar-refractivity contribution in [3.63, 3.8) is 0 Å². The van der Waals surface area contributed by atoms with Crippen LogP contribution < -0.4 is 10.2 Å². The van der Waals surface area contributed by atoms with Crippen molar-refractivity contribution >= 4 is 51.5 Å². The Kier molecular flexibility index (Phi) is 4.67. The molecule has 9 heteroatoms. The molecule has 162 valence electrons. The van der Waals surface area contributed by atoms with Gasteiger partial charge in [-0.1, -0.05) is 36.0 Å². The van der Waals surface area contributed by atoms with E-state index in [9.17, 15) is 9.59 Å². The Morgan fingerprint density at radius 1 is 1.09 bits per heavy atom. The van der Waals surface area contributed by atoms with Gasteiger partial charge in [0.25, 0.3) is 0 Å². The van der Waals surface area contributed by atoms with Crippen molar-refractivity contribution in [3.05, 3.63) is 54.4 Å². The van der Waals surface area contributed by atoms with Crippen molar-refractivity contribution in [3.8, 4) is 0 Å². The molecule has 2 aromatic carbocycles. The molecule has 2 aromatic heterocycles. The number of amides is 2. The number of carbonyl (C=O) groups is 2. The van der Waals surface area contributed by atoms with Crippen LogP contribution in [0.15, 0.2) is 53.7 Å². The fourth-order valence-electron chi connectivity index (χ4n) is 3.95. The van der Waals surface area contributed by atoms with Crippen LogP contribution in [0.4, 0.5) is 11.4 Å². The van der Waals surface area contributed by atoms with Gasteiger partial charge in [0.1, 0.15) is 11.4 Å². The maximum absolute atomic E-state index is 13.7. The SMILES string of the molecule is Cc1nc2c3ccccc3nc(S[C@@H](C)C(=O)N3c4ccccc4NC(=O)C3(C)C)n2n1. The van der Waals surface area contributed by atoms with Gasteiger partial charge in [0.15, 0.2) is 10.8 Å². The van der Waals surface area contributed by atoms with Gasteiger partial charge in [-0.25, -0.2) is 9.97 Å². The fourth-order valence-corrected chi connectivity index (χ4v) is 4.85. The Morgan fingerprint density at radius 3 is 2.62 bits per heavy atom. The molecule has 2 amide bonds. The Hall–Kier alpha value is -3.46. The van der Waals surface area contributed by atoms with Crippen molar-refractivity contribution in [2.45, 2.75) is 43.6 Å². The molecule has 4 aromatic rings. The summed E-state index contributed by atoms with van der Waals surface area (Å²) >= 11 is 1.31.